The van der Waals surface area contributed by atoms with Gasteiger partial charge in [0.05, 0.1) is 16.8 Å². The van der Waals surface area contributed by atoms with Crippen molar-refractivity contribution >= 4 is 41.2 Å². The van der Waals surface area contributed by atoms with E-state index < -0.39 is 17.8 Å². The third kappa shape index (κ3) is 4.32. The molecule has 0 aromatic heterocycles. The van der Waals surface area contributed by atoms with Crippen LogP contribution in [0.1, 0.15) is 30.5 Å². The molecule has 0 aliphatic carbocycles. The average molecular weight is 413 g/mol. The molecule has 0 radical (unpaired) electrons. The van der Waals surface area contributed by atoms with Gasteiger partial charge in [-0.05, 0) is 63.1 Å². The maximum absolute atomic E-state index is 13.0. The van der Waals surface area contributed by atoms with Crippen molar-refractivity contribution in [3.8, 4) is 5.75 Å². The molecule has 1 aliphatic rings. The van der Waals surface area contributed by atoms with E-state index in [1.807, 2.05) is 26.8 Å². The van der Waals surface area contributed by atoms with Crippen molar-refractivity contribution in [1.82, 2.24) is 5.32 Å². The minimum absolute atomic E-state index is 0.0419. The summed E-state index contributed by atoms with van der Waals surface area (Å²) in [6.07, 6.45) is 1.37. The summed E-state index contributed by atoms with van der Waals surface area (Å²) < 4.78 is 5.59. The SMILES string of the molecule is Cc1ccc(N2C(=O)NC(=O)/C(=C\c3ccc(OC(C)C)c(Cl)c3)C2=O)c(C)c1. The third-order valence-corrected chi connectivity index (χ3v) is 4.62. The van der Waals surface area contributed by atoms with Gasteiger partial charge < -0.3 is 4.74 Å². The highest BCUT2D eigenvalue weighted by atomic mass is 35.5. The first-order chi connectivity index (χ1) is 13.7. The zero-order chi connectivity index (χ0) is 21.3. The van der Waals surface area contributed by atoms with E-state index in [-0.39, 0.29) is 11.7 Å². The van der Waals surface area contributed by atoms with Crippen LogP contribution < -0.4 is 15.0 Å². The summed E-state index contributed by atoms with van der Waals surface area (Å²) in [6.45, 7) is 7.49. The van der Waals surface area contributed by atoms with Gasteiger partial charge in [0.25, 0.3) is 11.8 Å². The predicted molar refractivity (Wildman–Crippen MR) is 112 cm³/mol. The van der Waals surface area contributed by atoms with E-state index in [1.165, 1.54) is 6.08 Å². The third-order valence-electron chi connectivity index (χ3n) is 4.32. The molecule has 0 unspecified atom stereocenters. The van der Waals surface area contributed by atoms with Crippen molar-refractivity contribution in [3.63, 3.8) is 0 Å². The second-order valence-corrected chi connectivity index (χ2v) is 7.51. The molecule has 1 heterocycles. The van der Waals surface area contributed by atoms with Crippen LogP contribution in [0.5, 0.6) is 5.75 Å². The molecule has 1 saturated heterocycles. The number of benzene rings is 2. The maximum Gasteiger partial charge on any atom is 0.335 e. The molecular weight excluding hydrogens is 392 g/mol. The second kappa shape index (κ2) is 8.09. The molecule has 150 valence electrons. The Morgan fingerprint density at radius 2 is 1.79 bits per heavy atom. The fraction of sp³-hybridized carbons (Fsp3) is 0.227. The van der Waals surface area contributed by atoms with Crippen molar-refractivity contribution in [2.24, 2.45) is 0 Å². The molecule has 1 aliphatic heterocycles. The molecule has 2 aromatic carbocycles. The van der Waals surface area contributed by atoms with Gasteiger partial charge in [0.1, 0.15) is 11.3 Å². The van der Waals surface area contributed by atoms with Crippen LogP contribution in [0.25, 0.3) is 6.08 Å². The number of carbonyl (C=O) groups excluding carboxylic acids is 3. The van der Waals surface area contributed by atoms with Gasteiger partial charge in [-0.2, -0.15) is 0 Å². The largest absolute Gasteiger partial charge is 0.489 e. The Morgan fingerprint density at radius 1 is 1.07 bits per heavy atom. The predicted octanol–water partition coefficient (Wildman–Crippen LogP) is 4.41. The highest BCUT2D eigenvalue weighted by molar-refractivity contribution is 6.39. The minimum atomic E-state index is -0.775. The molecular formula is C22H21ClN2O4. The van der Waals surface area contributed by atoms with Gasteiger partial charge in [-0.15, -0.1) is 0 Å². The smallest absolute Gasteiger partial charge is 0.335 e. The van der Waals surface area contributed by atoms with Crippen LogP contribution in [0, 0.1) is 13.8 Å². The van der Waals surface area contributed by atoms with E-state index in [0.29, 0.717) is 22.0 Å². The fourth-order valence-electron chi connectivity index (χ4n) is 3.06. The van der Waals surface area contributed by atoms with Crippen molar-refractivity contribution in [1.29, 1.82) is 0 Å². The Kier molecular flexibility index (Phi) is 5.75. The van der Waals surface area contributed by atoms with Crippen LogP contribution in [-0.2, 0) is 9.59 Å². The fourth-order valence-corrected chi connectivity index (χ4v) is 3.29. The highest BCUT2D eigenvalue weighted by Crippen LogP contribution is 2.29. The van der Waals surface area contributed by atoms with E-state index in [0.717, 1.165) is 16.0 Å². The molecule has 1 N–H and O–H groups in total. The van der Waals surface area contributed by atoms with Gasteiger partial charge in [-0.3, -0.25) is 14.9 Å². The molecule has 0 saturated carbocycles. The molecule has 3 rings (SSSR count). The van der Waals surface area contributed by atoms with Crippen LogP contribution in [0.2, 0.25) is 5.02 Å². The maximum atomic E-state index is 13.0. The first-order valence-corrected chi connectivity index (χ1v) is 9.50. The topological polar surface area (TPSA) is 75.7 Å². The first-order valence-electron chi connectivity index (χ1n) is 9.12. The second-order valence-electron chi connectivity index (χ2n) is 7.10. The van der Waals surface area contributed by atoms with Gasteiger partial charge in [0.2, 0.25) is 0 Å². The van der Waals surface area contributed by atoms with Crippen LogP contribution >= 0.6 is 11.6 Å². The normalized spacial score (nSPS) is 15.9. The lowest BCUT2D eigenvalue weighted by molar-refractivity contribution is -0.122. The zero-order valence-corrected chi connectivity index (χ0v) is 17.3. The number of hydrogen-bond donors (Lipinski definition) is 1. The molecule has 0 bridgehead atoms. The van der Waals surface area contributed by atoms with Crippen molar-refractivity contribution in [2.45, 2.75) is 33.8 Å². The standard InChI is InChI=1S/C22H21ClN2O4/c1-12(2)29-19-8-6-15(11-17(19)23)10-16-20(26)24-22(28)25(21(16)27)18-7-5-13(3)9-14(18)4/h5-12H,1-4H3,(H,24,26,28)/b16-10+. The van der Waals surface area contributed by atoms with Crippen molar-refractivity contribution in [2.75, 3.05) is 4.90 Å². The summed E-state index contributed by atoms with van der Waals surface area (Å²) in [7, 11) is 0. The Labute approximate surface area is 174 Å². The summed E-state index contributed by atoms with van der Waals surface area (Å²) in [6, 6.07) is 9.54. The van der Waals surface area contributed by atoms with Crippen LogP contribution in [0.15, 0.2) is 42.0 Å². The van der Waals surface area contributed by atoms with E-state index >= 15 is 0 Å². The molecule has 0 spiro atoms. The number of urea groups is 1. The van der Waals surface area contributed by atoms with E-state index in [4.69, 9.17) is 16.3 Å². The molecule has 4 amide bonds. The lowest BCUT2D eigenvalue weighted by Gasteiger charge is -2.27. The van der Waals surface area contributed by atoms with Gasteiger partial charge in [-0.25, -0.2) is 9.69 Å². The monoisotopic (exact) mass is 412 g/mol. The van der Waals surface area contributed by atoms with Crippen LogP contribution in [0.3, 0.4) is 0 Å². The minimum Gasteiger partial charge on any atom is -0.489 e. The average Bonchev–Trinajstić information content (AvgIpc) is 2.62. The lowest BCUT2D eigenvalue weighted by Crippen LogP contribution is -2.54. The Morgan fingerprint density at radius 3 is 2.41 bits per heavy atom. The van der Waals surface area contributed by atoms with Crippen LogP contribution in [0.4, 0.5) is 10.5 Å². The summed E-state index contributed by atoms with van der Waals surface area (Å²) in [5.41, 5.74) is 2.56. The molecule has 2 aromatic rings. The number of halogens is 1. The van der Waals surface area contributed by atoms with Gasteiger partial charge >= 0.3 is 6.03 Å². The quantitative estimate of drug-likeness (QED) is 0.596. The zero-order valence-electron chi connectivity index (χ0n) is 16.6. The first kappa shape index (κ1) is 20.6. The van der Waals surface area contributed by atoms with E-state index in [2.05, 4.69) is 5.32 Å². The number of imide groups is 2. The number of barbiturate groups is 1. The summed E-state index contributed by atoms with van der Waals surface area (Å²) in [4.78, 5) is 38.7. The Hall–Kier alpha value is -3.12. The number of amides is 4. The van der Waals surface area contributed by atoms with Gasteiger partial charge in [-0.1, -0.05) is 35.4 Å². The molecule has 29 heavy (non-hydrogen) atoms. The summed E-state index contributed by atoms with van der Waals surface area (Å²) in [5, 5.41) is 2.58. The Bertz CT molecular complexity index is 1040. The van der Waals surface area contributed by atoms with Crippen LogP contribution in [-0.4, -0.2) is 23.9 Å². The number of ether oxygens (including phenoxy) is 1. The van der Waals surface area contributed by atoms with E-state index in [9.17, 15) is 14.4 Å². The molecule has 6 nitrogen and oxygen atoms in total. The lowest BCUT2D eigenvalue weighted by atomic mass is 10.0. The van der Waals surface area contributed by atoms with Crippen molar-refractivity contribution in [3.05, 3.63) is 63.7 Å². The summed E-state index contributed by atoms with van der Waals surface area (Å²) in [5.74, 6) is -0.931. The Balaban J connectivity index is 1.98. The number of nitrogens with zero attached hydrogens (tertiary/aromatic N) is 1. The number of nitrogens with one attached hydrogen (secondary N) is 1. The van der Waals surface area contributed by atoms with Gasteiger partial charge in [0.15, 0.2) is 0 Å². The number of carbonyl (C=O) groups is 3. The molecule has 1 fully saturated rings. The number of rotatable bonds is 4. The molecule has 7 heteroatoms. The number of anilines is 1. The molecule has 0 atom stereocenters. The van der Waals surface area contributed by atoms with E-state index in [1.54, 1.807) is 37.3 Å². The number of aryl methyl sites for hydroxylation is 2. The summed E-state index contributed by atoms with van der Waals surface area (Å²) >= 11 is 6.24. The highest BCUT2D eigenvalue weighted by Gasteiger charge is 2.37. The van der Waals surface area contributed by atoms with Crippen molar-refractivity contribution < 1.29 is 19.1 Å². The van der Waals surface area contributed by atoms with Gasteiger partial charge in [0, 0.05) is 0 Å². The number of hydrogen-bond acceptors (Lipinski definition) is 4.